The van der Waals surface area contributed by atoms with Gasteiger partial charge in [-0.05, 0) is 19.1 Å². The van der Waals surface area contributed by atoms with Crippen LogP contribution in [0.5, 0.6) is 0 Å². The van der Waals surface area contributed by atoms with Gasteiger partial charge in [0.05, 0.1) is 17.1 Å². The molecule has 3 aromatic rings. The molecule has 5 heteroatoms. The minimum atomic E-state index is 0.113. The first kappa shape index (κ1) is 10.3. The molecule has 0 saturated carbocycles. The Morgan fingerprint density at radius 1 is 1.35 bits per heavy atom. The maximum atomic E-state index is 5.99. The highest BCUT2D eigenvalue weighted by molar-refractivity contribution is 7.09. The van der Waals surface area contributed by atoms with E-state index in [2.05, 4.69) is 16.9 Å². The largest absolute Gasteiger partial charge is 0.369 e. The number of nitrogens with zero attached hydrogens (tertiary/aromatic N) is 3. The Labute approximate surface area is 103 Å². The van der Waals surface area contributed by atoms with Gasteiger partial charge in [0.2, 0.25) is 5.95 Å². The minimum absolute atomic E-state index is 0.113. The second kappa shape index (κ2) is 3.85. The van der Waals surface area contributed by atoms with Crippen molar-refractivity contribution in [3.8, 4) is 0 Å². The van der Waals surface area contributed by atoms with Gasteiger partial charge < -0.3 is 10.3 Å². The average Bonchev–Trinajstić information content (AvgIpc) is 2.94. The molecular formula is C12H12N4S. The summed E-state index contributed by atoms with van der Waals surface area (Å²) in [4.78, 5) is 8.70. The van der Waals surface area contributed by atoms with E-state index in [0.717, 1.165) is 16.0 Å². The van der Waals surface area contributed by atoms with Crippen molar-refractivity contribution >= 4 is 28.3 Å². The normalized spacial score (nSPS) is 13.0. The van der Waals surface area contributed by atoms with Crippen molar-refractivity contribution in [3.05, 3.63) is 40.8 Å². The second-order valence-corrected chi connectivity index (χ2v) is 4.80. The van der Waals surface area contributed by atoms with Crippen molar-refractivity contribution in [1.82, 2.24) is 14.5 Å². The lowest BCUT2D eigenvalue weighted by Crippen LogP contribution is -2.09. The Bertz CT molecular complexity index is 642. The van der Waals surface area contributed by atoms with Gasteiger partial charge in [0, 0.05) is 11.6 Å². The Hall–Kier alpha value is -1.88. The molecule has 0 aliphatic rings. The fourth-order valence-electron chi connectivity index (χ4n) is 2.02. The first-order valence-electron chi connectivity index (χ1n) is 5.39. The van der Waals surface area contributed by atoms with Gasteiger partial charge in [-0.15, -0.1) is 11.3 Å². The molecule has 2 aromatic heterocycles. The highest BCUT2D eigenvalue weighted by Gasteiger charge is 2.16. The maximum Gasteiger partial charge on any atom is 0.201 e. The summed E-state index contributed by atoms with van der Waals surface area (Å²) in [5.74, 6) is 0.536. The number of aromatic nitrogens is 3. The van der Waals surface area contributed by atoms with Crippen LogP contribution < -0.4 is 5.73 Å². The van der Waals surface area contributed by atoms with Crippen LogP contribution in [0.15, 0.2) is 35.8 Å². The number of imidazole rings is 1. The van der Waals surface area contributed by atoms with Gasteiger partial charge in [-0.25, -0.2) is 9.97 Å². The zero-order valence-electron chi connectivity index (χ0n) is 9.37. The van der Waals surface area contributed by atoms with Crippen LogP contribution >= 0.6 is 11.3 Å². The van der Waals surface area contributed by atoms with E-state index in [9.17, 15) is 0 Å². The van der Waals surface area contributed by atoms with E-state index < -0.39 is 0 Å². The zero-order valence-corrected chi connectivity index (χ0v) is 10.2. The van der Waals surface area contributed by atoms with Crippen LogP contribution in [0.2, 0.25) is 0 Å². The number of benzene rings is 1. The third kappa shape index (κ3) is 1.59. The second-order valence-electron chi connectivity index (χ2n) is 3.88. The molecule has 0 aliphatic carbocycles. The molecule has 3 rings (SSSR count). The molecule has 0 bridgehead atoms. The van der Waals surface area contributed by atoms with Crippen LogP contribution in [0.1, 0.15) is 18.0 Å². The highest BCUT2D eigenvalue weighted by Crippen LogP contribution is 2.27. The molecule has 0 radical (unpaired) electrons. The molecule has 0 aliphatic heterocycles. The number of thiazole rings is 1. The predicted octanol–water partition coefficient (Wildman–Crippen LogP) is 2.68. The van der Waals surface area contributed by atoms with Gasteiger partial charge >= 0.3 is 0 Å². The van der Waals surface area contributed by atoms with E-state index in [-0.39, 0.29) is 6.04 Å². The van der Waals surface area contributed by atoms with Gasteiger partial charge in [-0.3, -0.25) is 0 Å². The molecule has 17 heavy (non-hydrogen) atoms. The van der Waals surface area contributed by atoms with Crippen LogP contribution in [-0.2, 0) is 0 Å². The molecule has 1 atom stereocenters. The topological polar surface area (TPSA) is 56.7 Å². The van der Waals surface area contributed by atoms with Gasteiger partial charge in [0.1, 0.15) is 5.01 Å². The van der Waals surface area contributed by atoms with Crippen LogP contribution in [-0.4, -0.2) is 14.5 Å². The monoisotopic (exact) mass is 244 g/mol. The van der Waals surface area contributed by atoms with E-state index in [0.29, 0.717) is 5.95 Å². The number of para-hydroxylation sites is 2. The summed E-state index contributed by atoms with van der Waals surface area (Å²) in [6.45, 7) is 2.09. The van der Waals surface area contributed by atoms with E-state index in [4.69, 9.17) is 5.73 Å². The quantitative estimate of drug-likeness (QED) is 0.754. The van der Waals surface area contributed by atoms with Crippen molar-refractivity contribution in [3.63, 3.8) is 0 Å². The summed E-state index contributed by atoms with van der Waals surface area (Å²) < 4.78 is 2.02. The Balaban J connectivity index is 2.20. The fourth-order valence-corrected chi connectivity index (χ4v) is 2.71. The van der Waals surface area contributed by atoms with E-state index in [1.807, 2.05) is 40.4 Å². The highest BCUT2D eigenvalue weighted by atomic mass is 32.1. The number of hydrogen-bond donors (Lipinski definition) is 1. The van der Waals surface area contributed by atoms with Crippen molar-refractivity contribution in [1.29, 1.82) is 0 Å². The Morgan fingerprint density at radius 3 is 2.94 bits per heavy atom. The number of fused-ring (bicyclic) bond motifs is 1. The molecule has 0 saturated heterocycles. The SMILES string of the molecule is CC(c1nccs1)n1c(N)nc2ccccc21. The van der Waals surface area contributed by atoms with Gasteiger partial charge in [0.25, 0.3) is 0 Å². The van der Waals surface area contributed by atoms with Crippen LogP contribution in [0.4, 0.5) is 5.95 Å². The van der Waals surface area contributed by atoms with Crippen molar-refractivity contribution in [2.75, 3.05) is 5.73 Å². The van der Waals surface area contributed by atoms with Gasteiger partial charge in [-0.1, -0.05) is 12.1 Å². The number of anilines is 1. The Kier molecular flexibility index (Phi) is 2.33. The standard InChI is InChI=1S/C12H12N4S/c1-8(11-14-6-7-17-11)16-10-5-3-2-4-9(10)15-12(16)13/h2-8H,1H3,(H2,13,15). The molecule has 86 valence electrons. The number of rotatable bonds is 2. The maximum absolute atomic E-state index is 5.99. The summed E-state index contributed by atoms with van der Waals surface area (Å²) in [6, 6.07) is 8.07. The molecular weight excluding hydrogens is 232 g/mol. The van der Waals surface area contributed by atoms with E-state index in [1.54, 1.807) is 11.3 Å². The number of nitrogen functional groups attached to an aromatic ring is 1. The van der Waals surface area contributed by atoms with Crippen molar-refractivity contribution in [2.24, 2.45) is 0 Å². The third-order valence-corrected chi connectivity index (χ3v) is 3.77. The lowest BCUT2D eigenvalue weighted by molar-refractivity contribution is 0.662. The molecule has 1 aromatic carbocycles. The fraction of sp³-hybridized carbons (Fsp3) is 0.167. The molecule has 0 fully saturated rings. The summed E-state index contributed by atoms with van der Waals surface area (Å²) in [5, 5.41) is 3.01. The molecule has 0 spiro atoms. The van der Waals surface area contributed by atoms with E-state index >= 15 is 0 Å². The average molecular weight is 244 g/mol. The summed E-state index contributed by atoms with van der Waals surface area (Å²) in [6.07, 6.45) is 1.81. The summed E-state index contributed by atoms with van der Waals surface area (Å²) in [7, 11) is 0. The lowest BCUT2D eigenvalue weighted by atomic mass is 10.3. The smallest absolute Gasteiger partial charge is 0.201 e. The molecule has 0 amide bonds. The lowest BCUT2D eigenvalue weighted by Gasteiger charge is -2.13. The third-order valence-electron chi connectivity index (χ3n) is 2.82. The summed E-state index contributed by atoms with van der Waals surface area (Å²) >= 11 is 1.63. The number of nitrogens with two attached hydrogens (primary N) is 1. The van der Waals surface area contributed by atoms with Crippen molar-refractivity contribution < 1.29 is 0 Å². The molecule has 1 unspecified atom stereocenters. The molecule has 2 N–H and O–H groups in total. The first-order chi connectivity index (χ1) is 8.27. The van der Waals surface area contributed by atoms with Crippen LogP contribution in [0.25, 0.3) is 11.0 Å². The summed E-state index contributed by atoms with van der Waals surface area (Å²) in [5.41, 5.74) is 7.96. The first-order valence-corrected chi connectivity index (χ1v) is 6.27. The Morgan fingerprint density at radius 2 is 2.18 bits per heavy atom. The van der Waals surface area contributed by atoms with Crippen LogP contribution in [0.3, 0.4) is 0 Å². The number of hydrogen-bond acceptors (Lipinski definition) is 4. The molecule has 2 heterocycles. The van der Waals surface area contributed by atoms with Crippen molar-refractivity contribution in [2.45, 2.75) is 13.0 Å². The van der Waals surface area contributed by atoms with E-state index in [1.165, 1.54) is 0 Å². The zero-order chi connectivity index (χ0) is 11.8. The minimum Gasteiger partial charge on any atom is -0.369 e. The van der Waals surface area contributed by atoms with Crippen LogP contribution in [0, 0.1) is 0 Å². The van der Waals surface area contributed by atoms with Gasteiger partial charge in [0.15, 0.2) is 0 Å². The molecule has 4 nitrogen and oxygen atoms in total. The van der Waals surface area contributed by atoms with Gasteiger partial charge in [-0.2, -0.15) is 0 Å². The predicted molar refractivity (Wildman–Crippen MR) is 70.1 cm³/mol.